The number of fused-ring (bicyclic) bond motifs is 1. The summed E-state index contributed by atoms with van der Waals surface area (Å²) in [7, 11) is 0. The molecule has 0 saturated carbocycles. The maximum Gasteiger partial charge on any atom is 0.302 e. The maximum atomic E-state index is 13.3. The Balaban J connectivity index is 1.69. The Morgan fingerprint density at radius 3 is 2.76 bits per heavy atom. The normalized spacial score (nSPS) is 10.9. The Morgan fingerprint density at radius 2 is 2.04 bits per heavy atom. The van der Waals surface area contributed by atoms with Crippen LogP contribution >= 0.6 is 0 Å². The number of nitriles is 1. The van der Waals surface area contributed by atoms with Crippen LogP contribution in [0.3, 0.4) is 0 Å². The second-order valence-corrected chi connectivity index (χ2v) is 5.03. The number of ether oxygens (including phenoxy) is 1. The third-order valence-corrected chi connectivity index (χ3v) is 3.32. The van der Waals surface area contributed by atoms with Crippen molar-refractivity contribution in [3.8, 4) is 17.7 Å². The number of carbonyl (C=O) groups excluding carboxylic acids is 1. The summed E-state index contributed by atoms with van der Waals surface area (Å²) in [5.41, 5.74) is 0.913. The molecule has 1 heterocycles. The van der Waals surface area contributed by atoms with E-state index in [0.29, 0.717) is 22.2 Å². The number of hydrogen-bond acceptors (Lipinski definition) is 5. The maximum absolute atomic E-state index is 13.3. The van der Waals surface area contributed by atoms with Gasteiger partial charge >= 0.3 is 5.91 Å². The highest BCUT2D eigenvalue weighted by molar-refractivity contribution is 5.94. The fourth-order valence-electron chi connectivity index (χ4n) is 2.14. The Morgan fingerprint density at radius 1 is 1.28 bits per heavy atom. The van der Waals surface area contributed by atoms with E-state index in [9.17, 15) is 14.3 Å². The van der Waals surface area contributed by atoms with Crippen molar-refractivity contribution in [2.24, 2.45) is 10.2 Å². The second kappa shape index (κ2) is 6.80. The first-order valence-electron chi connectivity index (χ1n) is 7.14. The molecule has 7 nitrogen and oxygen atoms in total. The van der Waals surface area contributed by atoms with Gasteiger partial charge in [0.15, 0.2) is 12.3 Å². The molecule has 0 radical (unpaired) electrons. The van der Waals surface area contributed by atoms with Crippen molar-refractivity contribution in [1.82, 2.24) is 4.98 Å². The number of hydrogen-bond donors (Lipinski definition) is 2. The predicted molar refractivity (Wildman–Crippen MR) is 86.1 cm³/mol. The highest BCUT2D eigenvalue weighted by Gasteiger charge is 2.12. The van der Waals surface area contributed by atoms with Crippen LogP contribution in [0.4, 0.5) is 10.1 Å². The summed E-state index contributed by atoms with van der Waals surface area (Å²) in [6.45, 7) is -0.368. The van der Waals surface area contributed by atoms with E-state index < -0.39 is 11.7 Å². The van der Waals surface area contributed by atoms with Crippen molar-refractivity contribution in [1.29, 1.82) is 5.26 Å². The summed E-state index contributed by atoms with van der Waals surface area (Å²) in [6, 6.07) is 12.0. The number of carbonyl (C=O) groups is 1. The van der Waals surface area contributed by atoms with Gasteiger partial charge in [-0.25, -0.2) is 4.39 Å². The van der Waals surface area contributed by atoms with E-state index in [2.05, 4.69) is 15.2 Å². The van der Waals surface area contributed by atoms with E-state index in [1.54, 1.807) is 24.3 Å². The minimum absolute atomic E-state index is 0.0266. The number of amides is 1. The minimum Gasteiger partial charge on any atom is -0.493 e. The van der Waals surface area contributed by atoms with E-state index >= 15 is 0 Å². The van der Waals surface area contributed by atoms with Crippen LogP contribution in [0.5, 0.6) is 11.6 Å². The average Bonchev–Trinajstić information content (AvgIpc) is 2.93. The number of benzene rings is 2. The summed E-state index contributed by atoms with van der Waals surface area (Å²) >= 11 is 0. The molecule has 0 aliphatic carbocycles. The van der Waals surface area contributed by atoms with Crippen molar-refractivity contribution in [2.45, 2.75) is 0 Å². The van der Waals surface area contributed by atoms with Crippen molar-refractivity contribution < 1.29 is 19.0 Å². The summed E-state index contributed by atoms with van der Waals surface area (Å²) in [6.07, 6.45) is 0. The lowest BCUT2D eigenvalue weighted by Gasteiger charge is -2.02. The topological polar surface area (TPSA) is 111 Å². The molecule has 124 valence electrons. The zero-order chi connectivity index (χ0) is 17.8. The molecule has 0 saturated heterocycles. The van der Waals surface area contributed by atoms with Gasteiger partial charge in [0, 0.05) is 5.39 Å². The number of rotatable bonds is 4. The Kier molecular flexibility index (Phi) is 4.39. The fraction of sp³-hybridized carbons (Fsp3) is 0.0588. The molecule has 3 rings (SSSR count). The van der Waals surface area contributed by atoms with E-state index in [1.165, 1.54) is 18.2 Å². The molecule has 2 aromatic carbocycles. The van der Waals surface area contributed by atoms with Crippen LogP contribution in [-0.2, 0) is 4.79 Å². The fourth-order valence-corrected chi connectivity index (χ4v) is 2.14. The van der Waals surface area contributed by atoms with Gasteiger partial charge in [-0.1, -0.05) is 0 Å². The average molecular weight is 338 g/mol. The van der Waals surface area contributed by atoms with E-state index in [4.69, 9.17) is 10.00 Å². The van der Waals surface area contributed by atoms with Gasteiger partial charge in [-0.15, -0.1) is 10.2 Å². The first-order chi connectivity index (χ1) is 12.1. The van der Waals surface area contributed by atoms with Crippen LogP contribution in [0, 0.1) is 17.1 Å². The zero-order valence-corrected chi connectivity index (χ0v) is 12.7. The van der Waals surface area contributed by atoms with Gasteiger partial charge in [0.1, 0.15) is 11.6 Å². The smallest absolute Gasteiger partial charge is 0.302 e. The highest BCUT2D eigenvalue weighted by Crippen LogP contribution is 2.35. The number of aromatic amines is 1. The largest absolute Gasteiger partial charge is 0.493 e. The number of azo groups is 1. The van der Waals surface area contributed by atoms with Gasteiger partial charge in [0.05, 0.1) is 17.1 Å². The van der Waals surface area contributed by atoms with Crippen LogP contribution in [0.15, 0.2) is 52.7 Å². The lowest BCUT2D eigenvalue weighted by atomic mass is 10.2. The lowest BCUT2D eigenvalue weighted by molar-refractivity contribution is -0.120. The van der Waals surface area contributed by atoms with Gasteiger partial charge in [0.2, 0.25) is 5.88 Å². The van der Waals surface area contributed by atoms with Crippen LogP contribution in [0.25, 0.3) is 10.9 Å². The molecule has 0 aliphatic rings. The summed E-state index contributed by atoms with van der Waals surface area (Å²) in [5.74, 6) is -1.10. The third kappa shape index (κ3) is 3.61. The van der Waals surface area contributed by atoms with Crippen LogP contribution in [0.2, 0.25) is 0 Å². The van der Waals surface area contributed by atoms with E-state index in [1.807, 2.05) is 6.07 Å². The van der Waals surface area contributed by atoms with Crippen molar-refractivity contribution in [3.63, 3.8) is 0 Å². The molecule has 0 unspecified atom stereocenters. The molecule has 8 heteroatoms. The number of aromatic nitrogens is 1. The second-order valence-electron chi connectivity index (χ2n) is 5.03. The Hall–Kier alpha value is -3.73. The zero-order valence-electron chi connectivity index (χ0n) is 12.7. The van der Waals surface area contributed by atoms with Crippen LogP contribution < -0.4 is 4.74 Å². The molecule has 2 N–H and O–H groups in total. The van der Waals surface area contributed by atoms with Crippen LogP contribution in [0.1, 0.15) is 5.56 Å². The summed E-state index contributed by atoms with van der Waals surface area (Å²) in [5, 5.41) is 25.9. The highest BCUT2D eigenvalue weighted by atomic mass is 19.1. The van der Waals surface area contributed by atoms with E-state index in [0.717, 1.165) is 0 Å². The number of nitrogens with one attached hydrogen (secondary N) is 1. The standard InChI is InChI=1S/C17H11FN4O3/c18-11-3-6-14-13(7-11)16(17(24)20-14)22-21-15(23)9-25-12-4-1-10(8-19)2-5-12/h1-7,20,24H,9H2. The summed E-state index contributed by atoms with van der Waals surface area (Å²) < 4.78 is 18.5. The molecule has 0 fully saturated rings. The molecule has 0 bridgehead atoms. The number of aromatic hydroxyl groups is 1. The third-order valence-electron chi connectivity index (χ3n) is 3.32. The quantitative estimate of drug-likeness (QED) is 0.708. The molecule has 1 amide bonds. The van der Waals surface area contributed by atoms with E-state index in [-0.39, 0.29) is 18.2 Å². The number of nitrogens with zero attached hydrogens (tertiary/aromatic N) is 3. The van der Waals surface area contributed by atoms with Gasteiger partial charge < -0.3 is 14.8 Å². The van der Waals surface area contributed by atoms with Crippen molar-refractivity contribution in [2.75, 3.05) is 6.61 Å². The van der Waals surface area contributed by atoms with Gasteiger partial charge in [-0.3, -0.25) is 4.79 Å². The summed E-state index contributed by atoms with van der Waals surface area (Å²) in [4.78, 5) is 14.4. The molecular formula is C17H11FN4O3. The molecule has 0 spiro atoms. The Bertz CT molecular complexity index is 1000. The number of halogens is 1. The molecule has 25 heavy (non-hydrogen) atoms. The molecule has 0 atom stereocenters. The molecule has 0 aliphatic heterocycles. The predicted octanol–water partition coefficient (Wildman–Crippen LogP) is 3.57. The van der Waals surface area contributed by atoms with Crippen molar-refractivity contribution in [3.05, 3.63) is 53.8 Å². The Labute approximate surface area is 141 Å². The molecule has 3 aromatic rings. The van der Waals surface area contributed by atoms with Crippen molar-refractivity contribution >= 4 is 22.5 Å². The lowest BCUT2D eigenvalue weighted by Crippen LogP contribution is -2.07. The van der Waals surface area contributed by atoms with Gasteiger partial charge in [-0.05, 0) is 42.5 Å². The molecule has 1 aromatic heterocycles. The number of H-pyrrole nitrogens is 1. The molecular weight excluding hydrogens is 327 g/mol. The van der Waals surface area contributed by atoms with Gasteiger partial charge in [-0.2, -0.15) is 5.26 Å². The minimum atomic E-state index is -0.686. The first-order valence-corrected chi connectivity index (χ1v) is 7.14. The first kappa shape index (κ1) is 16.1. The van der Waals surface area contributed by atoms with Gasteiger partial charge in [0.25, 0.3) is 0 Å². The van der Waals surface area contributed by atoms with Crippen LogP contribution in [-0.4, -0.2) is 22.6 Å². The monoisotopic (exact) mass is 338 g/mol. The SMILES string of the molecule is N#Cc1ccc(OCC(=O)N=Nc2c(O)[nH]c3ccc(F)cc23)cc1.